The molecule has 1 heterocycles. The summed E-state index contributed by atoms with van der Waals surface area (Å²) < 4.78 is 10.5. The van der Waals surface area contributed by atoms with E-state index < -0.39 is 0 Å². The number of anilines is 1. The van der Waals surface area contributed by atoms with Gasteiger partial charge in [-0.3, -0.25) is 0 Å². The van der Waals surface area contributed by atoms with Crippen LogP contribution in [0.5, 0.6) is 5.75 Å². The molecule has 0 atom stereocenters. The SMILES string of the molecule is COCCOc1ccc(N2CCN(C)CC2)cc1C#N. The average molecular weight is 275 g/mol. The van der Waals surface area contributed by atoms with E-state index in [1.165, 1.54) is 0 Å². The van der Waals surface area contributed by atoms with Crippen molar-refractivity contribution in [3.05, 3.63) is 23.8 Å². The number of benzene rings is 1. The van der Waals surface area contributed by atoms with Crippen molar-refractivity contribution in [1.29, 1.82) is 5.26 Å². The minimum absolute atomic E-state index is 0.457. The summed E-state index contributed by atoms with van der Waals surface area (Å²) in [6.45, 7) is 5.06. The Kier molecular flexibility index (Phi) is 5.22. The topological polar surface area (TPSA) is 48.7 Å². The van der Waals surface area contributed by atoms with Crippen LogP contribution in [0.15, 0.2) is 18.2 Å². The number of nitriles is 1. The molecule has 5 nitrogen and oxygen atoms in total. The molecule has 108 valence electrons. The Labute approximate surface area is 120 Å². The van der Waals surface area contributed by atoms with Crippen molar-refractivity contribution < 1.29 is 9.47 Å². The van der Waals surface area contributed by atoms with Gasteiger partial charge in [0.1, 0.15) is 18.4 Å². The lowest BCUT2D eigenvalue weighted by atomic mass is 10.1. The maximum atomic E-state index is 9.25. The smallest absolute Gasteiger partial charge is 0.137 e. The minimum atomic E-state index is 0.457. The van der Waals surface area contributed by atoms with Crippen LogP contribution >= 0.6 is 0 Å². The van der Waals surface area contributed by atoms with Crippen molar-refractivity contribution in [3.63, 3.8) is 0 Å². The van der Waals surface area contributed by atoms with Crippen molar-refractivity contribution in [2.75, 3.05) is 58.5 Å². The van der Waals surface area contributed by atoms with Gasteiger partial charge in [0.2, 0.25) is 0 Å². The second-order valence-electron chi connectivity index (χ2n) is 4.92. The van der Waals surface area contributed by atoms with Gasteiger partial charge in [0.15, 0.2) is 0 Å². The molecule has 20 heavy (non-hydrogen) atoms. The molecule has 1 aromatic carbocycles. The lowest BCUT2D eigenvalue weighted by molar-refractivity contribution is 0.146. The molecule has 1 aliphatic rings. The van der Waals surface area contributed by atoms with Crippen molar-refractivity contribution in [3.8, 4) is 11.8 Å². The zero-order valence-corrected chi connectivity index (χ0v) is 12.1. The molecule has 1 saturated heterocycles. The highest BCUT2D eigenvalue weighted by Gasteiger charge is 2.15. The first-order valence-corrected chi connectivity index (χ1v) is 6.84. The number of ether oxygens (including phenoxy) is 2. The molecule has 0 bridgehead atoms. The van der Waals surface area contributed by atoms with Crippen LogP contribution in [-0.2, 0) is 4.74 Å². The van der Waals surface area contributed by atoms with Crippen LogP contribution in [0.4, 0.5) is 5.69 Å². The standard InChI is InChI=1S/C15H21N3O2/c1-17-5-7-18(8-6-17)14-3-4-15(13(11-14)12-16)20-10-9-19-2/h3-4,11H,5-10H2,1-2H3. The maximum Gasteiger partial charge on any atom is 0.137 e. The summed E-state index contributed by atoms with van der Waals surface area (Å²) in [6.07, 6.45) is 0. The molecule has 2 rings (SSSR count). The second-order valence-corrected chi connectivity index (χ2v) is 4.92. The summed E-state index contributed by atoms with van der Waals surface area (Å²) in [6, 6.07) is 8.02. The Balaban J connectivity index is 2.07. The Hall–Kier alpha value is -1.77. The van der Waals surface area contributed by atoms with Crippen LogP contribution in [0.3, 0.4) is 0 Å². The quantitative estimate of drug-likeness (QED) is 0.759. The largest absolute Gasteiger partial charge is 0.490 e. The van der Waals surface area contributed by atoms with Crippen LogP contribution in [0.2, 0.25) is 0 Å². The van der Waals surface area contributed by atoms with E-state index in [4.69, 9.17) is 9.47 Å². The monoisotopic (exact) mass is 275 g/mol. The Morgan fingerprint density at radius 1 is 1.20 bits per heavy atom. The predicted molar refractivity (Wildman–Crippen MR) is 78.2 cm³/mol. The van der Waals surface area contributed by atoms with Crippen LogP contribution in [0.25, 0.3) is 0 Å². The van der Waals surface area contributed by atoms with Gasteiger partial charge in [-0.2, -0.15) is 5.26 Å². The summed E-state index contributed by atoms with van der Waals surface area (Å²) in [5.74, 6) is 0.627. The summed E-state index contributed by atoms with van der Waals surface area (Å²) in [5, 5.41) is 9.25. The molecule has 0 spiro atoms. The molecule has 0 unspecified atom stereocenters. The third-order valence-corrected chi connectivity index (χ3v) is 3.50. The van der Waals surface area contributed by atoms with Gasteiger partial charge in [0.25, 0.3) is 0 Å². The number of likely N-dealkylation sites (N-methyl/N-ethyl adjacent to an activating group) is 1. The van der Waals surface area contributed by atoms with Gasteiger partial charge in [-0.25, -0.2) is 0 Å². The van der Waals surface area contributed by atoms with E-state index in [1.54, 1.807) is 7.11 Å². The molecule has 5 heteroatoms. The molecule has 0 N–H and O–H groups in total. The summed E-state index contributed by atoms with van der Waals surface area (Å²) in [7, 11) is 3.76. The highest BCUT2D eigenvalue weighted by atomic mass is 16.5. The van der Waals surface area contributed by atoms with E-state index in [0.29, 0.717) is 24.5 Å². The Bertz CT molecular complexity index is 476. The average Bonchev–Trinajstić information content (AvgIpc) is 2.48. The van der Waals surface area contributed by atoms with E-state index >= 15 is 0 Å². The number of nitrogens with zero attached hydrogens (tertiary/aromatic N) is 3. The van der Waals surface area contributed by atoms with E-state index in [0.717, 1.165) is 31.9 Å². The van der Waals surface area contributed by atoms with Crippen LogP contribution < -0.4 is 9.64 Å². The highest BCUT2D eigenvalue weighted by molar-refractivity contribution is 5.57. The Morgan fingerprint density at radius 3 is 2.60 bits per heavy atom. The van der Waals surface area contributed by atoms with E-state index in [1.807, 2.05) is 18.2 Å². The van der Waals surface area contributed by atoms with Crippen molar-refractivity contribution in [2.45, 2.75) is 0 Å². The van der Waals surface area contributed by atoms with Gasteiger partial charge in [0, 0.05) is 39.0 Å². The number of piperazine rings is 1. The minimum Gasteiger partial charge on any atom is -0.490 e. The molecular formula is C15H21N3O2. The fraction of sp³-hybridized carbons (Fsp3) is 0.533. The fourth-order valence-corrected chi connectivity index (χ4v) is 2.23. The maximum absolute atomic E-state index is 9.25. The number of rotatable bonds is 5. The third-order valence-electron chi connectivity index (χ3n) is 3.50. The molecular weight excluding hydrogens is 254 g/mol. The number of hydrogen-bond acceptors (Lipinski definition) is 5. The zero-order valence-electron chi connectivity index (χ0n) is 12.1. The van der Waals surface area contributed by atoms with Crippen molar-refractivity contribution >= 4 is 5.69 Å². The van der Waals surface area contributed by atoms with Gasteiger partial charge in [-0.15, -0.1) is 0 Å². The molecule has 0 aromatic heterocycles. The molecule has 1 aromatic rings. The first kappa shape index (κ1) is 14.6. The second kappa shape index (κ2) is 7.13. The lowest BCUT2D eigenvalue weighted by Crippen LogP contribution is -2.44. The molecule has 1 aliphatic heterocycles. The lowest BCUT2D eigenvalue weighted by Gasteiger charge is -2.34. The third kappa shape index (κ3) is 3.62. The normalized spacial score (nSPS) is 15.9. The molecule has 0 aliphatic carbocycles. The van der Waals surface area contributed by atoms with Crippen LogP contribution in [0, 0.1) is 11.3 Å². The zero-order chi connectivity index (χ0) is 14.4. The van der Waals surface area contributed by atoms with Crippen LogP contribution in [-0.4, -0.2) is 58.5 Å². The van der Waals surface area contributed by atoms with Gasteiger partial charge < -0.3 is 19.3 Å². The molecule has 0 radical (unpaired) electrons. The summed E-state index contributed by atoms with van der Waals surface area (Å²) in [5.41, 5.74) is 1.67. The predicted octanol–water partition coefficient (Wildman–Crippen LogP) is 1.34. The highest BCUT2D eigenvalue weighted by Crippen LogP contribution is 2.25. The van der Waals surface area contributed by atoms with Gasteiger partial charge >= 0.3 is 0 Å². The van der Waals surface area contributed by atoms with Crippen molar-refractivity contribution in [2.24, 2.45) is 0 Å². The fourth-order valence-electron chi connectivity index (χ4n) is 2.23. The summed E-state index contributed by atoms with van der Waals surface area (Å²) >= 11 is 0. The van der Waals surface area contributed by atoms with Gasteiger partial charge in [-0.05, 0) is 25.2 Å². The first-order chi connectivity index (χ1) is 9.74. The molecule has 0 amide bonds. The van der Waals surface area contributed by atoms with Gasteiger partial charge in [0.05, 0.1) is 12.2 Å². The number of methoxy groups -OCH3 is 1. The van der Waals surface area contributed by atoms with Crippen molar-refractivity contribution in [1.82, 2.24) is 4.90 Å². The summed E-state index contributed by atoms with van der Waals surface area (Å²) in [4.78, 5) is 4.61. The molecule has 0 saturated carbocycles. The van der Waals surface area contributed by atoms with E-state index in [-0.39, 0.29) is 0 Å². The molecule has 1 fully saturated rings. The Morgan fingerprint density at radius 2 is 1.95 bits per heavy atom. The number of hydrogen-bond donors (Lipinski definition) is 0. The first-order valence-electron chi connectivity index (χ1n) is 6.84. The van der Waals surface area contributed by atoms with Crippen LogP contribution in [0.1, 0.15) is 5.56 Å². The van der Waals surface area contributed by atoms with E-state index in [2.05, 4.69) is 22.9 Å². The van der Waals surface area contributed by atoms with E-state index in [9.17, 15) is 5.26 Å². The van der Waals surface area contributed by atoms with Gasteiger partial charge in [-0.1, -0.05) is 0 Å².